The first-order valence-corrected chi connectivity index (χ1v) is 15.5. The molecule has 0 radical (unpaired) electrons. The van der Waals surface area contributed by atoms with Crippen LogP contribution in [0.15, 0.2) is 91.3 Å². The van der Waals surface area contributed by atoms with Crippen LogP contribution >= 0.6 is 0 Å². The summed E-state index contributed by atoms with van der Waals surface area (Å²) in [4.78, 5) is 29.4. The van der Waals surface area contributed by atoms with Crippen LogP contribution in [0, 0.1) is 0 Å². The lowest BCUT2D eigenvalue weighted by atomic mass is 10.0. The second kappa shape index (κ2) is 13.5. The second-order valence-corrected chi connectivity index (χ2v) is 11.2. The molecule has 2 aromatic heterocycles. The summed E-state index contributed by atoms with van der Waals surface area (Å²) in [5, 5.41) is 7.43. The number of benzene rings is 3. The molecule has 0 aliphatic carbocycles. The van der Waals surface area contributed by atoms with Gasteiger partial charge in [-0.15, -0.1) is 0 Å². The number of nitrogens with zero attached hydrogens (tertiary/aromatic N) is 4. The van der Waals surface area contributed by atoms with E-state index in [-0.39, 0.29) is 5.91 Å². The molecule has 2 N–H and O–H groups in total. The van der Waals surface area contributed by atoms with Gasteiger partial charge in [0.25, 0.3) is 5.91 Å². The Morgan fingerprint density at radius 3 is 2.55 bits per heavy atom. The Bertz CT molecular complexity index is 1730. The maximum atomic E-state index is 13.3. The summed E-state index contributed by atoms with van der Waals surface area (Å²) in [6.07, 6.45) is 7.85. The van der Waals surface area contributed by atoms with E-state index in [0.717, 1.165) is 72.2 Å². The van der Waals surface area contributed by atoms with Gasteiger partial charge < -0.3 is 20.3 Å². The van der Waals surface area contributed by atoms with Gasteiger partial charge in [-0.1, -0.05) is 56.3 Å². The Morgan fingerprint density at radius 2 is 1.75 bits per heavy atom. The number of carbonyl (C=O) groups is 1. The Kier molecular flexibility index (Phi) is 8.96. The Hall–Kier alpha value is -4.98. The zero-order valence-electron chi connectivity index (χ0n) is 25.3. The summed E-state index contributed by atoms with van der Waals surface area (Å²) in [6, 6.07) is 25.9. The van der Waals surface area contributed by atoms with Gasteiger partial charge in [-0.05, 0) is 67.1 Å². The van der Waals surface area contributed by atoms with E-state index >= 15 is 0 Å². The van der Waals surface area contributed by atoms with Crippen molar-refractivity contribution in [2.45, 2.75) is 52.2 Å². The number of nitrogens with one attached hydrogen (secondary N) is 2. The molecule has 0 saturated carbocycles. The molecule has 8 heteroatoms. The van der Waals surface area contributed by atoms with Crippen LogP contribution in [0.4, 0.5) is 17.5 Å². The van der Waals surface area contributed by atoms with Gasteiger partial charge >= 0.3 is 0 Å². The second-order valence-electron chi connectivity index (χ2n) is 11.2. The van der Waals surface area contributed by atoms with Crippen molar-refractivity contribution in [2.24, 2.45) is 0 Å². The van der Waals surface area contributed by atoms with Crippen LogP contribution < -0.4 is 20.3 Å². The molecule has 0 atom stereocenters. The monoisotopic (exact) mass is 586 g/mol. The van der Waals surface area contributed by atoms with Gasteiger partial charge in [0, 0.05) is 59.8 Å². The van der Waals surface area contributed by atoms with Gasteiger partial charge in [-0.25, -0.2) is 15.0 Å². The highest BCUT2D eigenvalue weighted by Crippen LogP contribution is 2.36. The van der Waals surface area contributed by atoms with Crippen molar-refractivity contribution in [3.05, 3.63) is 102 Å². The summed E-state index contributed by atoms with van der Waals surface area (Å²) in [6.45, 7) is 6.68. The first-order valence-electron chi connectivity index (χ1n) is 15.5. The van der Waals surface area contributed by atoms with E-state index in [1.165, 1.54) is 0 Å². The third kappa shape index (κ3) is 6.80. The minimum Gasteiger partial charge on any atom is -0.488 e. The molecule has 8 nitrogen and oxygen atoms in total. The highest BCUT2D eigenvalue weighted by atomic mass is 16.5. The van der Waals surface area contributed by atoms with E-state index in [1.54, 1.807) is 12.3 Å². The lowest BCUT2D eigenvalue weighted by Gasteiger charge is -2.17. The van der Waals surface area contributed by atoms with Gasteiger partial charge in [-0.2, -0.15) is 0 Å². The molecule has 6 rings (SSSR count). The molecule has 0 bridgehead atoms. The van der Waals surface area contributed by atoms with Gasteiger partial charge in [0.1, 0.15) is 18.2 Å². The fourth-order valence-electron chi connectivity index (χ4n) is 5.53. The minimum absolute atomic E-state index is 0.171. The van der Waals surface area contributed by atoms with Crippen LogP contribution in [-0.4, -0.2) is 40.0 Å². The number of anilines is 3. The summed E-state index contributed by atoms with van der Waals surface area (Å²) >= 11 is 0. The maximum absolute atomic E-state index is 13.3. The van der Waals surface area contributed by atoms with Crippen molar-refractivity contribution in [1.29, 1.82) is 0 Å². The number of fused-ring (bicyclic) bond motifs is 1. The maximum Gasteiger partial charge on any atom is 0.255 e. The van der Waals surface area contributed by atoms with Gasteiger partial charge in [0.05, 0.1) is 5.52 Å². The fourth-order valence-corrected chi connectivity index (χ4v) is 5.53. The van der Waals surface area contributed by atoms with Crippen LogP contribution in [0.25, 0.3) is 22.0 Å². The lowest BCUT2D eigenvalue weighted by Crippen LogP contribution is -2.20. The number of aromatic nitrogens is 3. The third-order valence-corrected chi connectivity index (χ3v) is 8.11. The van der Waals surface area contributed by atoms with Gasteiger partial charge in [-0.3, -0.25) is 4.79 Å². The number of pyridine rings is 1. The molecule has 3 aromatic carbocycles. The molecule has 44 heavy (non-hydrogen) atoms. The summed E-state index contributed by atoms with van der Waals surface area (Å²) in [5.74, 6) is 2.00. The summed E-state index contributed by atoms with van der Waals surface area (Å²) in [7, 11) is 0. The number of hydrogen-bond donors (Lipinski definition) is 2. The molecule has 3 heterocycles. The highest BCUT2D eigenvalue weighted by Gasteiger charge is 2.17. The van der Waals surface area contributed by atoms with E-state index in [9.17, 15) is 4.79 Å². The average molecular weight is 587 g/mol. The first-order chi connectivity index (χ1) is 21.6. The van der Waals surface area contributed by atoms with Crippen molar-refractivity contribution in [1.82, 2.24) is 15.0 Å². The molecular weight excluding hydrogens is 548 g/mol. The molecule has 224 valence electrons. The van der Waals surface area contributed by atoms with E-state index in [0.29, 0.717) is 35.6 Å². The van der Waals surface area contributed by atoms with Crippen molar-refractivity contribution in [2.75, 3.05) is 28.6 Å². The molecule has 1 aliphatic rings. The molecular formula is C36H38N6O2. The smallest absolute Gasteiger partial charge is 0.255 e. The van der Waals surface area contributed by atoms with Crippen molar-refractivity contribution in [3.8, 4) is 16.9 Å². The average Bonchev–Trinajstić information content (AvgIpc) is 3.62. The van der Waals surface area contributed by atoms with E-state index < -0.39 is 0 Å². The molecule has 0 unspecified atom stereocenters. The molecule has 1 amide bonds. The summed E-state index contributed by atoms with van der Waals surface area (Å²) < 4.78 is 6.42. The fraction of sp³-hybridized carbons (Fsp3) is 0.278. The number of carbonyl (C=O) groups excluding carboxylic acids is 1. The van der Waals surface area contributed by atoms with Crippen molar-refractivity contribution >= 4 is 34.3 Å². The van der Waals surface area contributed by atoms with E-state index in [1.807, 2.05) is 72.9 Å². The van der Waals surface area contributed by atoms with Gasteiger partial charge in [0.2, 0.25) is 5.95 Å². The number of rotatable bonds is 11. The Balaban J connectivity index is 1.30. The van der Waals surface area contributed by atoms with Crippen LogP contribution in [0.3, 0.4) is 0 Å². The Morgan fingerprint density at radius 1 is 0.932 bits per heavy atom. The molecule has 1 saturated heterocycles. The zero-order valence-corrected chi connectivity index (χ0v) is 25.3. The SMILES string of the molecule is CCC(CC)Nc1ncc2cc(-c3cccc(NC(=O)c4ccnc(N5CCCC5)c4)c3)c(OCc3ccccc3)cc2n1. The lowest BCUT2D eigenvalue weighted by molar-refractivity contribution is 0.102. The number of ether oxygens (including phenoxy) is 1. The van der Waals surface area contributed by atoms with Crippen LogP contribution in [0.5, 0.6) is 5.75 Å². The standard InChI is InChI=1S/C36H38N6O2/c1-3-29(4-2)40-36-38-23-28-20-31(33(22-32(28)41-36)44-24-25-11-6-5-7-12-25)26-13-10-14-30(19-26)39-35(43)27-15-16-37-34(21-27)42-17-8-9-18-42/h5-7,10-16,19-23,29H,3-4,8-9,17-18,24H2,1-2H3,(H,39,43)(H,38,40,41). The number of hydrogen-bond acceptors (Lipinski definition) is 7. The largest absolute Gasteiger partial charge is 0.488 e. The first kappa shape index (κ1) is 29.1. The Labute approximate surface area is 258 Å². The quantitative estimate of drug-likeness (QED) is 0.164. The molecule has 0 spiro atoms. The van der Waals surface area contributed by atoms with Crippen LogP contribution in [0.1, 0.15) is 55.5 Å². The van der Waals surface area contributed by atoms with Crippen molar-refractivity contribution in [3.63, 3.8) is 0 Å². The van der Waals surface area contributed by atoms with Crippen molar-refractivity contribution < 1.29 is 9.53 Å². The minimum atomic E-state index is -0.171. The van der Waals surface area contributed by atoms with Crippen LogP contribution in [-0.2, 0) is 6.61 Å². The predicted molar refractivity (Wildman–Crippen MR) is 177 cm³/mol. The highest BCUT2D eigenvalue weighted by molar-refractivity contribution is 6.05. The molecule has 1 fully saturated rings. The molecule has 1 aliphatic heterocycles. The zero-order chi connectivity index (χ0) is 30.3. The third-order valence-electron chi connectivity index (χ3n) is 8.11. The molecule has 5 aromatic rings. The predicted octanol–water partition coefficient (Wildman–Crippen LogP) is 7.72. The van der Waals surface area contributed by atoms with E-state index in [2.05, 4.69) is 45.4 Å². The van der Waals surface area contributed by atoms with Crippen LogP contribution in [0.2, 0.25) is 0 Å². The summed E-state index contributed by atoms with van der Waals surface area (Å²) in [5.41, 5.74) is 4.97. The van der Waals surface area contributed by atoms with E-state index in [4.69, 9.17) is 9.72 Å². The number of amides is 1. The topological polar surface area (TPSA) is 92.3 Å². The normalized spacial score (nSPS) is 12.9. The van der Waals surface area contributed by atoms with Gasteiger partial charge in [0.15, 0.2) is 0 Å².